The Bertz CT molecular complexity index is 423. The fourth-order valence-electron chi connectivity index (χ4n) is 2.28. The highest BCUT2D eigenvalue weighted by Gasteiger charge is 2.27. The van der Waals surface area contributed by atoms with E-state index < -0.39 is 0 Å². The summed E-state index contributed by atoms with van der Waals surface area (Å²) in [6, 6.07) is 3.81. The molecule has 0 aliphatic carbocycles. The molecule has 1 aromatic heterocycles. The Hall–Kier alpha value is -1.66. The van der Waals surface area contributed by atoms with Crippen molar-refractivity contribution in [2.45, 2.75) is 25.9 Å². The summed E-state index contributed by atoms with van der Waals surface area (Å²) in [5.74, 6) is 6.10. The first-order chi connectivity index (χ1) is 8.74. The number of nitrogens with two attached hydrogens (primary N) is 1. The molecule has 1 aliphatic rings. The Balaban J connectivity index is 2.09. The van der Waals surface area contributed by atoms with Crippen LogP contribution in [0.25, 0.3) is 0 Å². The number of pyridine rings is 1. The molecule has 98 valence electrons. The van der Waals surface area contributed by atoms with Crippen LogP contribution in [0.3, 0.4) is 0 Å². The van der Waals surface area contributed by atoms with Gasteiger partial charge in [-0.05, 0) is 24.1 Å². The Morgan fingerprint density at radius 3 is 3.22 bits per heavy atom. The number of aromatic nitrogens is 1. The van der Waals surface area contributed by atoms with E-state index in [0.29, 0.717) is 12.4 Å². The summed E-state index contributed by atoms with van der Waals surface area (Å²) >= 11 is 0. The van der Waals surface area contributed by atoms with Gasteiger partial charge in [0.05, 0.1) is 6.04 Å². The number of nitrogens with one attached hydrogen (secondary N) is 2. The molecular formula is C12H19N5O. The van der Waals surface area contributed by atoms with Crippen LogP contribution in [0.4, 0.5) is 5.82 Å². The number of anilines is 1. The molecule has 1 amide bonds. The SMILES string of the molecule is CCC1C(=O)NCCN1Cc1ccnc(NN)c1. The van der Waals surface area contributed by atoms with Crippen molar-refractivity contribution in [1.82, 2.24) is 15.2 Å². The standard InChI is InChI=1S/C12H19N5O/c1-2-10-12(18)15-5-6-17(10)8-9-3-4-14-11(7-9)16-13/h3-4,7,10H,2,5-6,8,13H2,1H3,(H,14,16)(H,15,18). The average molecular weight is 249 g/mol. The lowest BCUT2D eigenvalue weighted by molar-refractivity contribution is -0.129. The number of nitrogens with zero attached hydrogens (tertiary/aromatic N) is 2. The van der Waals surface area contributed by atoms with Gasteiger partial charge in [-0.15, -0.1) is 0 Å². The average Bonchev–Trinajstić information content (AvgIpc) is 2.39. The number of rotatable bonds is 4. The van der Waals surface area contributed by atoms with Crippen LogP contribution in [-0.4, -0.2) is 34.9 Å². The van der Waals surface area contributed by atoms with E-state index in [0.717, 1.165) is 25.1 Å². The maximum Gasteiger partial charge on any atom is 0.237 e. The molecule has 1 aliphatic heterocycles. The summed E-state index contributed by atoms with van der Waals surface area (Å²) in [4.78, 5) is 18.0. The van der Waals surface area contributed by atoms with Crippen LogP contribution in [0.5, 0.6) is 0 Å². The van der Waals surface area contributed by atoms with Gasteiger partial charge in [-0.2, -0.15) is 0 Å². The fraction of sp³-hybridized carbons (Fsp3) is 0.500. The summed E-state index contributed by atoms with van der Waals surface area (Å²) in [6.07, 6.45) is 2.54. The molecule has 1 aromatic rings. The zero-order valence-electron chi connectivity index (χ0n) is 10.5. The number of carbonyl (C=O) groups is 1. The molecule has 0 bridgehead atoms. The lowest BCUT2D eigenvalue weighted by Gasteiger charge is -2.34. The van der Waals surface area contributed by atoms with Crippen LogP contribution >= 0.6 is 0 Å². The van der Waals surface area contributed by atoms with Crippen LogP contribution in [0.1, 0.15) is 18.9 Å². The first-order valence-electron chi connectivity index (χ1n) is 6.18. The molecule has 0 radical (unpaired) electrons. The quantitative estimate of drug-likeness (QED) is 0.520. The minimum absolute atomic E-state index is 0.0406. The van der Waals surface area contributed by atoms with Crippen molar-refractivity contribution >= 4 is 11.7 Å². The Morgan fingerprint density at radius 1 is 1.67 bits per heavy atom. The second kappa shape index (κ2) is 5.79. The van der Waals surface area contributed by atoms with E-state index in [1.165, 1.54) is 0 Å². The third-order valence-corrected chi connectivity index (χ3v) is 3.19. The Kier molecular flexibility index (Phi) is 4.11. The monoisotopic (exact) mass is 249 g/mol. The van der Waals surface area contributed by atoms with Gasteiger partial charge in [0.1, 0.15) is 5.82 Å². The Morgan fingerprint density at radius 2 is 2.50 bits per heavy atom. The third kappa shape index (κ3) is 2.77. The van der Waals surface area contributed by atoms with Gasteiger partial charge in [-0.1, -0.05) is 6.92 Å². The van der Waals surface area contributed by atoms with Crippen molar-refractivity contribution in [3.05, 3.63) is 23.9 Å². The minimum atomic E-state index is -0.0406. The minimum Gasteiger partial charge on any atom is -0.353 e. The van der Waals surface area contributed by atoms with E-state index in [1.54, 1.807) is 6.20 Å². The second-order valence-corrected chi connectivity index (χ2v) is 4.38. The van der Waals surface area contributed by atoms with Crippen LogP contribution in [-0.2, 0) is 11.3 Å². The van der Waals surface area contributed by atoms with E-state index in [1.807, 2.05) is 19.1 Å². The van der Waals surface area contributed by atoms with Gasteiger partial charge < -0.3 is 10.7 Å². The summed E-state index contributed by atoms with van der Waals surface area (Å²) in [5.41, 5.74) is 3.63. The highest BCUT2D eigenvalue weighted by atomic mass is 16.2. The van der Waals surface area contributed by atoms with Gasteiger partial charge in [0.25, 0.3) is 0 Å². The number of hydrogen-bond donors (Lipinski definition) is 3. The first-order valence-corrected chi connectivity index (χ1v) is 6.18. The fourth-order valence-corrected chi connectivity index (χ4v) is 2.28. The predicted molar refractivity (Wildman–Crippen MR) is 69.5 cm³/mol. The van der Waals surface area contributed by atoms with E-state index in [2.05, 4.69) is 20.6 Å². The van der Waals surface area contributed by atoms with Crippen molar-refractivity contribution in [2.24, 2.45) is 5.84 Å². The van der Waals surface area contributed by atoms with Gasteiger partial charge in [-0.3, -0.25) is 9.69 Å². The molecule has 4 N–H and O–H groups in total. The van der Waals surface area contributed by atoms with Crippen LogP contribution in [0.15, 0.2) is 18.3 Å². The smallest absolute Gasteiger partial charge is 0.237 e. The van der Waals surface area contributed by atoms with E-state index in [4.69, 9.17) is 5.84 Å². The summed E-state index contributed by atoms with van der Waals surface area (Å²) in [7, 11) is 0. The maximum absolute atomic E-state index is 11.8. The summed E-state index contributed by atoms with van der Waals surface area (Å²) in [5, 5.41) is 2.90. The molecule has 0 spiro atoms. The largest absolute Gasteiger partial charge is 0.353 e. The molecule has 2 rings (SSSR count). The lowest BCUT2D eigenvalue weighted by Crippen LogP contribution is -2.54. The highest BCUT2D eigenvalue weighted by molar-refractivity contribution is 5.82. The molecule has 1 atom stereocenters. The van der Waals surface area contributed by atoms with Gasteiger partial charge in [0.15, 0.2) is 0 Å². The van der Waals surface area contributed by atoms with Crippen molar-refractivity contribution in [1.29, 1.82) is 0 Å². The summed E-state index contributed by atoms with van der Waals surface area (Å²) in [6.45, 7) is 4.35. The number of hydrogen-bond acceptors (Lipinski definition) is 5. The molecule has 1 fully saturated rings. The molecule has 1 saturated heterocycles. The number of piperazine rings is 1. The van der Waals surface area contributed by atoms with Crippen molar-refractivity contribution in [2.75, 3.05) is 18.5 Å². The molecule has 0 saturated carbocycles. The van der Waals surface area contributed by atoms with Crippen LogP contribution in [0, 0.1) is 0 Å². The van der Waals surface area contributed by atoms with Gasteiger partial charge in [0.2, 0.25) is 5.91 Å². The van der Waals surface area contributed by atoms with Crippen molar-refractivity contribution < 1.29 is 4.79 Å². The van der Waals surface area contributed by atoms with E-state index >= 15 is 0 Å². The normalized spacial score (nSPS) is 20.6. The van der Waals surface area contributed by atoms with Crippen molar-refractivity contribution in [3.63, 3.8) is 0 Å². The maximum atomic E-state index is 11.8. The molecular weight excluding hydrogens is 230 g/mol. The molecule has 0 aromatic carbocycles. The topological polar surface area (TPSA) is 83.3 Å². The van der Waals surface area contributed by atoms with Crippen molar-refractivity contribution in [3.8, 4) is 0 Å². The zero-order valence-corrected chi connectivity index (χ0v) is 10.5. The summed E-state index contributed by atoms with van der Waals surface area (Å²) < 4.78 is 0. The zero-order chi connectivity index (χ0) is 13.0. The lowest BCUT2D eigenvalue weighted by atomic mass is 10.1. The number of nitrogen functional groups attached to an aromatic ring is 1. The van der Waals surface area contributed by atoms with Gasteiger partial charge in [-0.25, -0.2) is 10.8 Å². The second-order valence-electron chi connectivity index (χ2n) is 4.38. The Labute approximate surface area is 107 Å². The molecule has 18 heavy (non-hydrogen) atoms. The number of carbonyl (C=O) groups excluding carboxylic acids is 1. The van der Waals surface area contributed by atoms with E-state index in [-0.39, 0.29) is 11.9 Å². The molecule has 1 unspecified atom stereocenters. The number of hydrazine groups is 1. The predicted octanol–water partition coefficient (Wildman–Crippen LogP) is 0.0776. The van der Waals surface area contributed by atoms with Crippen LogP contribution < -0.4 is 16.6 Å². The van der Waals surface area contributed by atoms with Crippen LogP contribution in [0.2, 0.25) is 0 Å². The number of amides is 1. The highest BCUT2D eigenvalue weighted by Crippen LogP contribution is 2.14. The third-order valence-electron chi connectivity index (χ3n) is 3.19. The van der Waals surface area contributed by atoms with Gasteiger partial charge in [0, 0.05) is 25.8 Å². The van der Waals surface area contributed by atoms with E-state index in [9.17, 15) is 4.79 Å². The molecule has 2 heterocycles. The molecule has 6 heteroatoms. The first kappa shape index (κ1) is 12.8. The van der Waals surface area contributed by atoms with Gasteiger partial charge >= 0.3 is 0 Å². The molecule has 6 nitrogen and oxygen atoms in total.